The Balaban J connectivity index is 3.56. The van der Waals surface area contributed by atoms with Crippen LogP contribution in [0.4, 0.5) is 26.3 Å². The molecule has 0 fully saturated rings. The molecule has 0 amide bonds. The van der Waals surface area contributed by atoms with Gasteiger partial charge in [-0.05, 0) is 5.56 Å². The summed E-state index contributed by atoms with van der Waals surface area (Å²) in [6.45, 7) is 0. The summed E-state index contributed by atoms with van der Waals surface area (Å²) in [5.74, 6) is -2.52. The molecule has 0 unspecified atom stereocenters. The average molecular weight is 264 g/mol. The second-order valence-electron chi connectivity index (χ2n) is 2.80. The summed E-state index contributed by atoms with van der Waals surface area (Å²) in [4.78, 5) is 2.81. The van der Waals surface area contributed by atoms with E-state index in [2.05, 4.69) is 4.98 Å². The predicted molar refractivity (Wildman–Crippen MR) is 43.7 cm³/mol. The molecule has 16 heavy (non-hydrogen) atoms. The zero-order chi connectivity index (χ0) is 12.5. The Morgan fingerprint density at radius 3 is 2.25 bits per heavy atom. The van der Waals surface area contributed by atoms with Gasteiger partial charge in [-0.25, -0.2) is 13.8 Å². The molecule has 0 spiro atoms. The van der Waals surface area contributed by atoms with E-state index in [1.54, 1.807) is 0 Å². The second kappa shape index (κ2) is 4.48. The Labute approximate surface area is 91.0 Å². The van der Waals surface area contributed by atoms with Crippen LogP contribution in [-0.4, -0.2) is 4.98 Å². The number of aromatic nitrogens is 1. The van der Waals surface area contributed by atoms with Crippen molar-refractivity contribution in [3.63, 3.8) is 0 Å². The number of nitrogens with zero attached hydrogens (tertiary/aromatic N) is 1. The summed E-state index contributed by atoms with van der Waals surface area (Å²) in [6, 6.07) is 0. The van der Waals surface area contributed by atoms with Crippen molar-refractivity contribution in [2.45, 2.75) is 18.5 Å². The highest BCUT2D eigenvalue weighted by atomic mass is 35.5. The van der Waals surface area contributed by atoms with Crippen molar-refractivity contribution in [3.05, 3.63) is 28.8 Å². The smallest absolute Gasteiger partial charge is 0.228 e. The maximum absolute atomic E-state index is 12.8. The van der Waals surface area contributed by atoms with E-state index in [1.165, 1.54) is 0 Å². The summed E-state index contributed by atoms with van der Waals surface area (Å²) in [6.07, 6.45) is -8.20. The molecule has 0 atom stereocenters. The van der Waals surface area contributed by atoms with Crippen molar-refractivity contribution >= 4 is 11.6 Å². The molecule has 1 nitrogen and oxygen atoms in total. The third-order valence-electron chi connectivity index (χ3n) is 1.79. The van der Waals surface area contributed by atoms with Gasteiger partial charge in [0.1, 0.15) is 0 Å². The molecule has 0 aliphatic rings. The van der Waals surface area contributed by atoms with Crippen LogP contribution in [0, 0.1) is 5.95 Å². The molecule has 1 rings (SSSR count). The molecule has 0 bridgehead atoms. The van der Waals surface area contributed by atoms with Gasteiger partial charge in [0, 0.05) is 12.1 Å². The van der Waals surface area contributed by atoms with Gasteiger partial charge in [-0.15, -0.1) is 11.6 Å². The molecule has 1 heterocycles. The van der Waals surface area contributed by atoms with Crippen LogP contribution in [0.15, 0.2) is 6.20 Å². The molecule has 1 aromatic rings. The van der Waals surface area contributed by atoms with Crippen LogP contribution in [0.25, 0.3) is 0 Å². The Hall–Kier alpha value is -0.980. The highest BCUT2D eigenvalue weighted by Gasteiger charge is 2.40. The Bertz CT molecular complexity index is 389. The van der Waals surface area contributed by atoms with E-state index in [0.29, 0.717) is 6.20 Å². The van der Waals surface area contributed by atoms with E-state index in [9.17, 15) is 26.3 Å². The van der Waals surface area contributed by atoms with Crippen LogP contribution in [0.1, 0.15) is 23.1 Å². The molecule has 90 valence electrons. The predicted octanol–water partition coefficient (Wildman–Crippen LogP) is 3.92. The fraction of sp³-hybridized carbons (Fsp3) is 0.375. The maximum Gasteiger partial charge on any atom is 0.417 e. The number of halogens is 7. The molecule has 0 aliphatic heterocycles. The molecule has 0 N–H and O–H groups in total. The first-order valence-corrected chi connectivity index (χ1v) is 4.41. The van der Waals surface area contributed by atoms with Gasteiger partial charge in [0.2, 0.25) is 5.95 Å². The molecular formula is C8H4ClF6N. The average Bonchev–Trinajstić information content (AvgIpc) is 2.15. The van der Waals surface area contributed by atoms with Crippen LogP contribution in [0.2, 0.25) is 0 Å². The van der Waals surface area contributed by atoms with Gasteiger partial charge >= 0.3 is 6.18 Å². The first-order chi connectivity index (χ1) is 7.29. The number of pyridine rings is 1. The summed E-state index contributed by atoms with van der Waals surface area (Å²) in [5.41, 5.74) is -4.18. The Kier molecular flexibility index (Phi) is 3.67. The zero-order valence-corrected chi connectivity index (χ0v) is 8.21. The molecule has 0 saturated carbocycles. The van der Waals surface area contributed by atoms with Gasteiger partial charge < -0.3 is 0 Å². The topological polar surface area (TPSA) is 12.9 Å². The summed E-state index contributed by atoms with van der Waals surface area (Å²) >= 11 is 5.16. The first-order valence-electron chi connectivity index (χ1n) is 3.87. The minimum atomic E-state index is -5.10. The number of rotatable bonds is 2. The highest BCUT2D eigenvalue weighted by Crippen LogP contribution is 2.39. The van der Waals surface area contributed by atoms with E-state index in [-0.39, 0.29) is 0 Å². The van der Waals surface area contributed by atoms with Gasteiger partial charge in [0.15, 0.2) is 0 Å². The lowest BCUT2D eigenvalue weighted by molar-refractivity contribution is -0.140. The fourth-order valence-corrected chi connectivity index (χ4v) is 1.38. The maximum atomic E-state index is 12.8. The van der Waals surface area contributed by atoms with Gasteiger partial charge in [-0.2, -0.15) is 17.6 Å². The van der Waals surface area contributed by atoms with Gasteiger partial charge in [0.05, 0.1) is 11.1 Å². The number of hydrogen-bond acceptors (Lipinski definition) is 1. The van der Waals surface area contributed by atoms with E-state index in [1.807, 2.05) is 0 Å². The van der Waals surface area contributed by atoms with Crippen LogP contribution in [0.3, 0.4) is 0 Å². The van der Waals surface area contributed by atoms with E-state index in [0.717, 1.165) is 0 Å². The normalized spacial score (nSPS) is 12.2. The van der Waals surface area contributed by atoms with E-state index in [4.69, 9.17) is 11.6 Å². The zero-order valence-electron chi connectivity index (χ0n) is 7.45. The van der Waals surface area contributed by atoms with Crippen LogP contribution in [-0.2, 0) is 12.1 Å². The molecule has 0 aliphatic carbocycles. The van der Waals surface area contributed by atoms with Crippen LogP contribution >= 0.6 is 11.6 Å². The van der Waals surface area contributed by atoms with Gasteiger partial charge in [-0.3, -0.25) is 0 Å². The van der Waals surface area contributed by atoms with Crippen molar-refractivity contribution in [3.8, 4) is 0 Å². The summed E-state index contributed by atoms with van der Waals surface area (Å²) in [7, 11) is 0. The van der Waals surface area contributed by atoms with E-state index >= 15 is 0 Å². The first kappa shape index (κ1) is 13.1. The quantitative estimate of drug-likeness (QED) is 0.448. The van der Waals surface area contributed by atoms with Crippen molar-refractivity contribution < 1.29 is 26.3 Å². The Morgan fingerprint density at radius 2 is 1.88 bits per heavy atom. The number of alkyl halides is 6. The minimum absolute atomic E-state index is 0.497. The lowest BCUT2D eigenvalue weighted by atomic mass is 10.0. The van der Waals surface area contributed by atoms with Crippen LogP contribution in [0.5, 0.6) is 0 Å². The summed E-state index contributed by atoms with van der Waals surface area (Å²) in [5, 5.41) is 0. The van der Waals surface area contributed by atoms with Crippen LogP contribution < -0.4 is 0 Å². The van der Waals surface area contributed by atoms with E-state index < -0.39 is 41.1 Å². The standard InChI is InChI=1S/C8H4ClF6N/c9-1-3-2-16-7(12)4(6(10)11)5(3)8(13,14)15/h2,6H,1H2. The second-order valence-corrected chi connectivity index (χ2v) is 3.06. The molecule has 0 aromatic carbocycles. The molecule has 0 saturated heterocycles. The van der Waals surface area contributed by atoms with Gasteiger partial charge in [0.25, 0.3) is 6.43 Å². The molecular weight excluding hydrogens is 260 g/mol. The summed E-state index contributed by atoms with van der Waals surface area (Å²) < 4.78 is 74.8. The Morgan fingerprint density at radius 1 is 1.31 bits per heavy atom. The SMILES string of the molecule is Fc1ncc(CCl)c(C(F)(F)F)c1C(F)F. The van der Waals surface area contributed by atoms with Crippen molar-refractivity contribution in [1.29, 1.82) is 0 Å². The third kappa shape index (κ3) is 2.40. The largest absolute Gasteiger partial charge is 0.417 e. The third-order valence-corrected chi connectivity index (χ3v) is 2.08. The molecule has 8 heteroatoms. The lowest BCUT2D eigenvalue weighted by Crippen LogP contribution is -2.15. The highest BCUT2D eigenvalue weighted by molar-refractivity contribution is 6.17. The molecule has 0 radical (unpaired) electrons. The van der Waals surface area contributed by atoms with Crippen molar-refractivity contribution in [2.75, 3.05) is 0 Å². The lowest BCUT2D eigenvalue weighted by Gasteiger charge is -2.15. The minimum Gasteiger partial charge on any atom is -0.228 e. The monoisotopic (exact) mass is 263 g/mol. The molecule has 1 aromatic heterocycles. The number of hydrogen-bond donors (Lipinski definition) is 0. The van der Waals surface area contributed by atoms with Gasteiger partial charge in [-0.1, -0.05) is 0 Å². The van der Waals surface area contributed by atoms with Crippen molar-refractivity contribution in [2.24, 2.45) is 0 Å². The van der Waals surface area contributed by atoms with Crippen molar-refractivity contribution in [1.82, 2.24) is 4.98 Å². The fourth-order valence-electron chi connectivity index (χ4n) is 1.18.